The van der Waals surface area contributed by atoms with Gasteiger partial charge in [-0.3, -0.25) is 4.90 Å². The Morgan fingerprint density at radius 2 is 1.81 bits per heavy atom. The molecule has 1 saturated heterocycles. The monoisotopic (exact) mass is 286 g/mol. The maximum Gasteiger partial charge on any atom is 0.00966 e. The predicted octanol–water partition coefficient (Wildman–Crippen LogP) is 3.79. The highest BCUT2D eigenvalue weighted by molar-refractivity contribution is 5.21. The molecule has 2 heteroatoms. The molecule has 0 bridgehead atoms. The molecule has 2 fully saturated rings. The van der Waals surface area contributed by atoms with Gasteiger partial charge in [-0.2, -0.15) is 0 Å². The fourth-order valence-electron chi connectivity index (χ4n) is 4.11. The van der Waals surface area contributed by atoms with Crippen molar-refractivity contribution in [1.82, 2.24) is 10.2 Å². The zero-order chi connectivity index (χ0) is 14.5. The van der Waals surface area contributed by atoms with Gasteiger partial charge in [0.25, 0.3) is 0 Å². The standard InChI is InChI=1S/C19H30N2/c1-2-13-20-18-8-10-19(11-9-18)21-14-12-17(15-21)16-6-4-3-5-7-16/h3-7,17-20H,2,8-15H2,1H3. The van der Waals surface area contributed by atoms with Gasteiger partial charge < -0.3 is 5.32 Å². The zero-order valence-electron chi connectivity index (χ0n) is 13.4. The molecule has 1 aromatic carbocycles. The normalized spacial score (nSPS) is 30.6. The summed E-state index contributed by atoms with van der Waals surface area (Å²) in [5.74, 6) is 0.766. The number of nitrogens with zero attached hydrogens (tertiary/aromatic N) is 1. The average Bonchev–Trinajstić information content (AvgIpc) is 3.04. The van der Waals surface area contributed by atoms with Crippen LogP contribution in [0.15, 0.2) is 30.3 Å². The van der Waals surface area contributed by atoms with Crippen LogP contribution >= 0.6 is 0 Å². The molecule has 1 aromatic rings. The summed E-state index contributed by atoms with van der Waals surface area (Å²) in [6, 6.07) is 12.7. The Kier molecular flexibility index (Phi) is 5.32. The summed E-state index contributed by atoms with van der Waals surface area (Å²) < 4.78 is 0. The minimum atomic E-state index is 0.766. The second-order valence-electron chi connectivity index (χ2n) is 6.85. The quantitative estimate of drug-likeness (QED) is 0.886. The number of likely N-dealkylation sites (tertiary alicyclic amines) is 1. The molecule has 2 aliphatic rings. The van der Waals surface area contributed by atoms with E-state index in [0.717, 1.165) is 18.0 Å². The molecule has 21 heavy (non-hydrogen) atoms. The van der Waals surface area contributed by atoms with Crippen molar-refractivity contribution in [3.63, 3.8) is 0 Å². The lowest BCUT2D eigenvalue weighted by Crippen LogP contribution is -2.41. The molecule has 1 aliphatic carbocycles. The Bertz CT molecular complexity index is 409. The second-order valence-corrected chi connectivity index (χ2v) is 6.85. The van der Waals surface area contributed by atoms with Crippen LogP contribution in [-0.2, 0) is 0 Å². The summed E-state index contributed by atoms with van der Waals surface area (Å²) in [5, 5.41) is 3.70. The third kappa shape index (κ3) is 3.87. The van der Waals surface area contributed by atoms with Gasteiger partial charge in [0.15, 0.2) is 0 Å². The van der Waals surface area contributed by atoms with Crippen molar-refractivity contribution in [2.75, 3.05) is 19.6 Å². The third-order valence-electron chi connectivity index (χ3n) is 5.39. The van der Waals surface area contributed by atoms with Crippen LogP contribution in [0, 0.1) is 0 Å². The number of hydrogen-bond donors (Lipinski definition) is 1. The summed E-state index contributed by atoms with van der Waals surface area (Å²) in [6.07, 6.45) is 8.13. The van der Waals surface area contributed by atoms with Crippen LogP contribution in [0.4, 0.5) is 0 Å². The molecule has 1 saturated carbocycles. The lowest BCUT2D eigenvalue weighted by Gasteiger charge is -2.35. The minimum absolute atomic E-state index is 0.766. The highest BCUT2D eigenvalue weighted by Gasteiger charge is 2.31. The summed E-state index contributed by atoms with van der Waals surface area (Å²) in [4.78, 5) is 2.77. The van der Waals surface area contributed by atoms with E-state index in [1.165, 1.54) is 58.2 Å². The molecule has 2 nitrogen and oxygen atoms in total. The maximum atomic E-state index is 3.70. The van der Waals surface area contributed by atoms with Crippen molar-refractivity contribution in [2.24, 2.45) is 0 Å². The molecule has 3 rings (SSSR count). The average molecular weight is 286 g/mol. The Balaban J connectivity index is 1.47. The SMILES string of the molecule is CCCNC1CCC(N2CCC(c3ccccc3)C2)CC1. The molecule has 1 unspecified atom stereocenters. The first-order chi connectivity index (χ1) is 10.4. The Morgan fingerprint density at radius 3 is 2.52 bits per heavy atom. The van der Waals surface area contributed by atoms with Gasteiger partial charge in [0.1, 0.15) is 0 Å². The minimum Gasteiger partial charge on any atom is -0.314 e. The van der Waals surface area contributed by atoms with E-state index < -0.39 is 0 Å². The highest BCUT2D eigenvalue weighted by Crippen LogP contribution is 2.32. The molecule has 1 N–H and O–H groups in total. The largest absolute Gasteiger partial charge is 0.314 e. The van der Waals surface area contributed by atoms with Gasteiger partial charge in [0.05, 0.1) is 0 Å². The fraction of sp³-hybridized carbons (Fsp3) is 0.684. The smallest absolute Gasteiger partial charge is 0.00966 e. The summed E-state index contributed by atoms with van der Waals surface area (Å²) in [5.41, 5.74) is 1.54. The van der Waals surface area contributed by atoms with E-state index in [9.17, 15) is 0 Å². The van der Waals surface area contributed by atoms with Crippen molar-refractivity contribution in [3.05, 3.63) is 35.9 Å². The molecule has 116 valence electrons. The third-order valence-corrected chi connectivity index (χ3v) is 5.39. The van der Waals surface area contributed by atoms with E-state index >= 15 is 0 Å². The highest BCUT2D eigenvalue weighted by atomic mass is 15.2. The van der Waals surface area contributed by atoms with Crippen LogP contribution in [0.5, 0.6) is 0 Å². The number of nitrogens with one attached hydrogen (secondary N) is 1. The van der Waals surface area contributed by atoms with Gasteiger partial charge >= 0.3 is 0 Å². The number of rotatable bonds is 5. The van der Waals surface area contributed by atoms with E-state index in [2.05, 4.69) is 47.5 Å². The topological polar surface area (TPSA) is 15.3 Å². The summed E-state index contributed by atoms with van der Waals surface area (Å²) in [6.45, 7) is 6.03. The van der Waals surface area contributed by atoms with Gasteiger partial charge in [0.2, 0.25) is 0 Å². The van der Waals surface area contributed by atoms with Gasteiger partial charge in [-0.05, 0) is 63.1 Å². The van der Waals surface area contributed by atoms with Crippen molar-refractivity contribution < 1.29 is 0 Å². The van der Waals surface area contributed by atoms with Crippen molar-refractivity contribution >= 4 is 0 Å². The van der Waals surface area contributed by atoms with E-state index in [4.69, 9.17) is 0 Å². The van der Waals surface area contributed by atoms with Gasteiger partial charge in [-0.1, -0.05) is 37.3 Å². The first-order valence-corrected chi connectivity index (χ1v) is 8.89. The molecular formula is C19H30N2. The van der Waals surface area contributed by atoms with Crippen molar-refractivity contribution in [1.29, 1.82) is 0 Å². The van der Waals surface area contributed by atoms with E-state index in [-0.39, 0.29) is 0 Å². The Morgan fingerprint density at radius 1 is 1.05 bits per heavy atom. The van der Waals surface area contributed by atoms with Gasteiger partial charge in [-0.25, -0.2) is 0 Å². The Labute approximate surface area is 129 Å². The fourth-order valence-corrected chi connectivity index (χ4v) is 4.11. The van der Waals surface area contributed by atoms with Crippen LogP contribution in [0.2, 0.25) is 0 Å². The molecule has 0 radical (unpaired) electrons. The lowest BCUT2D eigenvalue weighted by molar-refractivity contribution is 0.172. The van der Waals surface area contributed by atoms with Crippen LogP contribution in [0.25, 0.3) is 0 Å². The van der Waals surface area contributed by atoms with Gasteiger partial charge in [0, 0.05) is 18.6 Å². The molecular weight excluding hydrogens is 256 g/mol. The summed E-state index contributed by atoms with van der Waals surface area (Å²) in [7, 11) is 0. The first-order valence-electron chi connectivity index (χ1n) is 8.89. The van der Waals surface area contributed by atoms with Crippen LogP contribution in [0.3, 0.4) is 0 Å². The van der Waals surface area contributed by atoms with E-state index in [1.807, 2.05) is 0 Å². The van der Waals surface area contributed by atoms with Crippen molar-refractivity contribution in [2.45, 2.75) is 63.5 Å². The van der Waals surface area contributed by atoms with Gasteiger partial charge in [-0.15, -0.1) is 0 Å². The zero-order valence-corrected chi connectivity index (χ0v) is 13.4. The van der Waals surface area contributed by atoms with Crippen LogP contribution < -0.4 is 5.32 Å². The second kappa shape index (κ2) is 7.42. The first kappa shape index (κ1) is 15.1. The number of benzene rings is 1. The summed E-state index contributed by atoms with van der Waals surface area (Å²) >= 11 is 0. The molecule has 1 heterocycles. The predicted molar refractivity (Wildman–Crippen MR) is 89.7 cm³/mol. The molecule has 1 atom stereocenters. The van der Waals surface area contributed by atoms with Crippen molar-refractivity contribution in [3.8, 4) is 0 Å². The number of hydrogen-bond acceptors (Lipinski definition) is 2. The molecule has 0 spiro atoms. The van der Waals surface area contributed by atoms with E-state index in [0.29, 0.717) is 0 Å². The molecule has 0 aromatic heterocycles. The molecule has 1 aliphatic heterocycles. The van der Waals surface area contributed by atoms with E-state index in [1.54, 1.807) is 5.56 Å². The Hall–Kier alpha value is -0.860. The van der Waals surface area contributed by atoms with Crippen LogP contribution in [0.1, 0.15) is 56.9 Å². The maximum absolute atomic E-state index is 3.70. The van der Waals surface area contributed by atoms with Crippen LogP contribution in [-0.4, -0.2) is 36.6 Å². The molecule has 0 amide bonds. The lowest BCUT2D eigenvalue weighted by atomic mass is 9.90.